The van der Waals surface area contributed by atoms with Crippen LogP contribution in [0.5, 0.6) is 0 Å². The molecule has 0 spiro atoms. The number of fused-ring (bicyclic) bond motifs is 2. The van der Waals surface area contributed by atoms with Gasteiger partial charge in [0.2, 0.25) is 0 Å². The molecule has 2 aliphatic heterocycles. The van der Waals surface area contributed by atoms with E-state index in [1.165, 1.54) is 12.1 Å². The van der Waals surface area contributed by atoms with E-state index in [4.69, 9.17) is 0 Å². The zero-order chi connectivity index (χ0) is 34.0. The first-order chi connectivity index (χ1) is 21.2. The summed E-state index contributed by atoms with van der Waals surface area (Å²) in [6.07, 6.45) is 1.47. The van der Waals surface area contributed by atoms with Crippen LogP contribution in [0, 0.1) is 0 Å². The minimum atomic E-state index is -0.994. The van der Waals surface area contributed by atoms with Crippen molar-refractivity contribution >= 4 is 21.5 Å². The predicted molar refractivity (Wildman–Crippen MR) is 182 cm³/mol. The molecular formula is C34H52N6O6. The molecule has 4 heterocycles. The Balaban J connectivity index is 1.29. The highest BCUT2D eigenvalue weighted by Crippen LogP contribution is 2.29. The molecule has 0 bridgehead atoms. The third-order valence-corrected chi connectivity index (χ3v) is 9.51. The lowest BCUT2D eigenvalue weighted by molar-refractivity contribution is 0.114. The standard InChI is InChI=1S/C34H52N6O6/c1-31(2)11-19(12-32(3,4)37-31)35-15-21(41)17-39-27(43)23-9-25-26(10-24(23)28(39)44)30(46)40(29(25)45)18-22(42)16-36-20-13-33(5,6)38-34(7,8)14-20/h9-10,19-22,35-38,41-42H,11-18H2,1-8H3. The molecule has 2 unspecified atom stereocenters. The van der Waals surface area contributed by atoms with Crippen LogP contribution in [0.25, 0.3) is 21.5 Å². The van der Waals surface area contributed by atoms with Crippen molar-refractivity contribution < 1.29 is 10.2 Å². The molecule has 2 aliphatic rings. The second kappa shape index (κ2) is 12.1. The van der Waals surface area contributed by atoms with E-state index in [1.54, 1.807) is 0 Å². The quantitative estimate of drug-likeness (QED) is 0.183. The second-order valence-electron chi connectivity index (χ2n) is 16.5. The molecule has 12 heteroatoms. The molecule has 46 heavy (non-hydrogen) atoms. The Kier molecular flexibility index (Phi) is 9.06. The van der Waals surface area contributed by atoms with E-state index in [2.05, 4.69) is 76.7 Å². The van der Waals surface area contributed by atoms with Gasteiger partial charge in [-0.05, 0) is 93.2 Å². The van der Waals surface area contributed by atoms with Crippen LogP contribution in [0.15, 0.2) is 31.3 Å². The Morgan fingerprint density at radius 3 is 1.13 bits per heavy atom. The Labute approximate surface area is 269 Å². The lowest BCUT2D eigenvalue weighted by Crippen LogP contribution is -2.62. The minimum Gasteiger partial charge on any atom is -0.390 e. The third kappa shape index (κ3) is 7.37. The van der Waals surface area contributed by atoms with Gasteiger partial charge in [-0.1, -0.05) is 0 Å². The van der Waals surface area contributed by atoms with Crippen LogP contribution in [0.2, 0.25) is 0 Å². The minimum absolute atomic E-state index is 0.0344. The van der Waals surface area contributed by atoms with Crippen LogP contribution in [0.1, 0.15) is 81.1 Å². The van der Waals surface area contributed by atoms with Crippen molar-refractivity contribution in [2.75, 3.05) is 13.1 Å². The molecule has 3 aromatic rings. The second-order valence-corrected chi connectivity index (χ2v) is 16.5. The van der Waals surface area contributed by atoms with Crippen LogP contribution in [0.3, 0.4) is 0 Å². The summed E-state index contributed by atoms with van der Waals surface area (Å²) in [6.45, 7) is 17.1. The fourth-order valence-corrected chi connectivity index (χ4v) is 8.49. The molecule has 5 rings (SSSR count). The van der Waals surface area contributed by atoms with Gasteiger partial charge < -0.3 is 31.5 Å². The SMILES string of the molecule is CC1(C)CC(NCC(O)Cn2c(=O)c3cc4c(=O)n(CC(O)CNC5CC(C)(C)NC(C)(C)C5)c(=O)c4cc3c2=O)CC(C)(C)N1. The van der Waals surface area contributed by atoms with Crippen molar-refractivity contribution in [1.29, 1.82) is 0 Å². The first kappa shape index (κ1) is 34.6. The number of hydrogen-bond acceptors (Lipinski definition) is 10. The first-order valence-corrected chi connectivity index (χ1v) is 16.5. The number of piperidine rings is 2. The van der Waals surface area contributed by atoms with Gasteiger partial charge in [-0.3, -0.25) is 28.3 Å². The van der Waals surface area contributed by atoms with Crippen molar-refractivity contribution in [3.8, 4) is 0 Å². The van der Waals surface area contributed by atoms with Gasteiger partial charge in [0.1, 0.15) is 0 Å². The first-order valence-electron chi connectivity index (χ1n) is 16.5. The van der Waals surface area contributed by atoms with E-state index in [-0.39, 0.29) is 82.0 Å². The molecule has 2 aromatic heterocycles. The average molecular weight is 641 g/mol. The fraction of sp³-hybridized carbons (Fsp3) is 0.706. The molecule has 254 valence electrons. The monoisotopic (exact) mass is 640 g/mol. The van der Waals surface area contributed by atoms with Crippen molar-refractivity contribution in [3.63, 3.8) is 0 Å². The van der Waals surface area contributed by atoms with Gasteiger partial charge in [0.25, 0.3) is 22.2 Å². The van der Waals surface area contributed by atoms with E-state index in [0.717, 1.165) is 34.8 Å². The Bertz CT molecular complexity index is 1570. The summed E-state index contributed by atoms with van der Waals surface area (Å²) in [5, 5.41) is 35.8. The maximum absolute atomic E-state index is 13.3. The molecule has 0 aliphatic carbocycles. The molecule has 6 N–H and O–H groups in total. The number of aromatic nitrogens is 2. The number of aliphatic hydroxyl groups excluding tert-OH is 2. The lowest BCUT2D eigenvalue weighted by Gasteiger charge is -2.47. The summed E-state index contributed by atoms with van der Waals surface area (Å²) < 4.78 is 1.96. The summed E-state index contributed by atoms with van der Waals surface area (Å²) in [5.74, 6) is 0. The Hall–Kier alpha value is -2.74. The maximum atomic E-state index is 13.3. The van der Waals surface area contributed by atoms with E-state index < -0.39 is 34.4 Å². The Morgan fingerprint density at radius 2 is 0.870 bits per heavy atom. The predicted octanol–water partition coefficient (Wildman–Crippen LogP) is 0.432. The largest absolute Gasteiger partial charge is 0.390 e. The maximum Gasteiger partial charge on any atom is 0.261 e. The van der Waals surface area contributed by atoms with Crippen LogP contribution in [0.4, 0.5) is 0 Å². The summed E-state index contributed by atoms with van der Waals surface area (Å²) in [7, 11) is 0. The normalized spacial score (nSPS) is 22.8. The van der Waals surface area contributed by atoms with Crippen LogP contribution in [-0.2, 0) is 13.1 Å². The number of benzene rings is 1. The zero-order valence-corrected chi connectivity index (χ0v) is 28.5. The van der Waals surface area contributed by atoms with Gasteiger partial charge >= 0.3 is 0 Å². The summed E-state index contributed by atoms with van der Waals surface area (Å²) >= 11 is 0. The van der Waals surface area contributed by atoms with E-state index >= 15 is 0 Å². The molecule has 0 saturated carbocycles. The Morgan fingerprint density at radius 1 is 0.609 bits per heavy atom. The van der Waals surface area contributed by atoms with Gasteiger partial charge in [-0.15, -0.1) is 0 Å². The summed E-state index contributed by atoms with van der Waals surface area (Å²) in [4.78, 5) is 53.2. The van der Waals surface area contributed by atoms with Crippen molar-refractivity contribution in [1.82, 2.24) is 30.4 Å². The number of nitrogens with zero attached hydrogens (tertiary/aromatic N) is 2. The molecular weight excluding hydrogens is 588 g/mol. The van der Waals surface area contributed by atoms with Gasteiger partial charge in [0.15, 0.2) is 0 Å². The van der Waals surface area contributed by atoms with E-state index in [0.29, 0.717) is 0 Å². The van der Waals surface area contributed by atoms with Crippen LogP contribution >= 0.6 is 0 Å². The smallest absolute Gasteiger partial charge is 0.261 e. The van der Waals surface area contributed by atoms with E-state index in [9.17, 15) is 29.4 Å². The summed E-state index contributed by atoms with van der Waals surface area (Å²) in [5.41, 5.74) is -2.74. The third-order valence-electron chi connectivity index (χ3n) is 9.51. The highest BCUT2D eigenvalue weighted by Gasteiger charge is 2.38. The van der Waals surface area contributed by atoms with E-state index in [1.807, 2.05) is 0 Å². The molecule has 2 atom stereocenters. The van der Waals surface area contributed by atoms with Gasteiger partial charge in [-0.25, -0.2) is 0 Å². The van der Waals surface area contributed by atoms with Crippen molar-refractivity contribution in [2.45, 2.75) is 141 Å². The van der Waals surface area contributed by atoms with Crippen LogP contribution in [-0.4, -0.2) is 78.9 Å². The summed E-state index contributed by atoms with van der Waals surface area (Å²) in [6, 6.07) is 2.92. The molecule has 12 nitrogen and oxygen atoms in total. The van der Waals surface area contributed by atoms with Crippen molar-refractivity contribution in [2.24, 2.45) is 0 Å². The van der Waals surface area contributed by atoms with Crippen molar-refractivity contribution in [3.05, 3.63) is 53.5 Å². The zero-order valence-electron chi connectivity index (χ0n) is 28.5. The lowest BCUT2D eigenvalue weighted by atomic mass is 9.79. The molecule has 0 amide bonds. The number of hydrogen-bond donors (Lipinski definition) is 6. The van der Waals surface area contributed by atoms with Gasteiger partial charge in [0.05, 0.1) is 46.8 Å². The number of rotatable bonds is 10. The molecule has 2 saturated heterocycles. The molecule has 0 radical (unpaired) electrons. The topological polar surface area (TPSA) is 167 Å². The molecule has 2 fully saturated rings. The average Bonchev–Trinajstić information content (AvgIpc) is 3.26. The highest BCUT2D eigenvalue weighted by atomic mass is 16.3. The van der Waals surface area contributed by atoms with Gasteiger partial charge in [-0.2, -0.15) is 0 Å². The fourth-order valence-electron chi connectivity index (χ4n) is 8.49. The van der Waals surface area contributed by atoms with Crippen LogP contribution < -0.4 is 43.5 Å². The van der Waals surface area contributed by atoms with Gasteiger partial charge in [0, 0.05) is 47.3 Å². The molecule has 1 aromatic carbocycles. The number of aliphatic hydroxyl groups is 2. The highest BCUT2D eigenvalue weighted by molar-refractivity contribution is 5.97. The number of nitrogens with one attached hydrogen (secondary N) is 4.